The summed E-state index contributed by atoms with van der Waals surface area (Å²) in [5, 5.41) is 0.716. The van der Waals surface area contributed by atoms with Crippen molar-refractivity contribution in [2.75, 3.05) is 26.3 Å². The van der Waals surface area contributed by atoms with Gasteiger partial charge in [-0.3, -0.25) is 4.79 Å². The van der Waals surface area contributed by atoms with E-state index in [2.05, 4.69) is 4.57 Å². The minimum atomic E-state index is 0.134. The number of benzene rings is 1. The molecule has 0 N–H and O–H groups in total. The Hall–Kier alpha value is -1.78. The Bertz CT molecular complexity index is 619. The van der Waals surface area contributed by atoms with Crippen LogP contribution in [-0.4, -0.2) is 41.7 Å². The summed E-state index contributed by atoms with van der Waals surface area (Å²) in [7, 11) is 0. The third-order valence-electron chi connectivity index (χ3n) is 4.22. The molecule has 3 rings (SSSR count). The number of morpholine rings is 1. The molecule has 2 heterocycles. The van der Waals surface area contributed by atoms with Gasteiger partial charge in [0.15, 0.2) is 0 Å². The zero-order valence-corrected chi connectivity index (χ0v) is 13.8. The molecule has 1 atom stereocenters. The number of hydrogen-bond donors (Lipinski definition) is 0. The lowest BCUT2D eigenvalue weighted by molar-refractivity contribution is -0.135. The first-order chi connectivity index (χ1) is 11.2. The van der Waals surface area contributed by atoms with Gasteiger partial charge in [0, 0.05) is 49.4 Å². The third-order valence-corrected chi connectivity index (χ3v) is 4.48. The molecular formula is C18H21ClN2O2. The number of hydrogen-bond acceptors (Lipinski definition) is 2. The van der Waals surface area contributed by atoms with Crippen LogP contribution in [0.2, 0.25) is 5.02 Å². The van der Waals surface area contributed by atoms with E-state index in [1.54, 1.807) is 0 Å². The zero-order chi connectivity index (χ0) is 16.1. The SMILES string of the molecule is O=C(C[C@@H](Cn1cccc1)c1ccc(Cl)cc1)N1CCOCC1. The monoisotopic (exact) mass is 332 g/mol. The summed E-state index contributed by atoms with van der Waals surface area (Å²) in [5.74, 6) is 0.329. The van der Waals surface area contributed by atoms with E-state index in [1.165, 1.54) is 0 Å². The standard InChI is InChI=1S/C18H21ClN2O2/c19-17-5-3-15(4-6-17)16(14-20-7-1-2-8-20)13-18(22)21-9-11-23-12-10-21/h1-8,16H,9-14H2/t16-/m0/s1. The Morgan fingerprint density at radius 2 is 1.78 bits per heavy atom. The van der Waals surface area contributed by atoms with Gasteiger partial charge >= 0.3 is 0 Å². The van der Waals surface area contributed by atoms with Crippen molar-refractivity contribution in [1.82, 2.24) is 9.47 Å². The van der Waals surface area contributed by atoms with Crippen LogP contribution in [0, 0.1) is 0 Å². The van der Waals surface area contributed by atoms with Crippen molar-refractivity contribution in [2.45, 2.75) is 18.9 Å². The fraction of sp³-hybridized carbons (Fsp3) is 0.389. The van der Waals surface area contributed by atoms with Crippen molar-refractivity contribution in [3.63, 3.8) is 0 Å². The van der Waals surface area contributed by atoms with Crippen LogP contribution in [0.25, 0.3) is 0 Å². The van der Waals surface area contributed by atoms with Crippen LogP contribution in [0.1, 0.15) is 17.9 Å². The zero-order valence-electron chi connectivity index (χ0n) is 13.0. The molecule has 23 heavy (non-hydrogen) atoms. The molecule has 1 saturated heterocycles. The van der Waals surface area contributed by atoms with E-state index in [0.29, 0.717) is 37.7 Å². The van der Waals surface area contributed by atoms with Gasteiger partial charge in [-0.05, 0) is 29.8 Å². The Kier molecular flexibility index (Phi) is 5.36. The quantitative estimate of drug-likeness (QED) is 0.843. The van der Waals surface area contributed by atoms with Crippen molar-refractivity contribution in [3.8, 4) is 0 Å². The van der Waals surface area contributed by atoms with Gasteiger partial charge < -0.3 is 14.2 Å². The van der Waals surface area contributed by atoms with Gasteiger partial charge in [0.25, 0.3) is 0 Å². The number of ether oxygens (including phenoxy) is 1. The largest absolute Gasteiger partial charge is 0.378 e. The van der Waals surface area contributed by atoms with Crippen molar-refractivity contribution in [3.05, 3.63) is 59.4 Å². The predicted octanol–water partition coefficient (Wildman–Crippen LogP) is 3.17. The molecule has 5 heteroatoms. The van der Waals surface area contributed by atoms with Gasteiger partial charge in [0.05, 0.1) is 13.2 Å². The Morgan fingerprint density at radius 1 is 1.13 bits per heavy atom. The van der Waals surface area contributed by atoms with Gasteiger partial charge in [-0.1, -0.05) is 23.7 Å². The van der Waals surface area contributed by atoms with E-state index in [4.69, 9.17) is 16.3 Å². The number of aromatic nitrogens is 1. The predicted molar refractivity (Wildman–Crippen MR) is 90.6 cm³/mol. The molecule has 4 nitrogen and oxygen atoms in total. The van der Waals surface area contributed by atoms with E-state index in [0.717, 1.165) is 12.1 Å². The van der Waals surface area contributed by atoms with Gasteiger partial charge in [-0.2, -0.15) is 0 Å². The molecule has 1 aliphatic rings. The molecule has 1 fully saturated rings. The Balaban J connectivity index is 1.74. The first-order valence-electron chi connectivity index (χ1n) is 7.94. The summed E-state index contributed by atoms with van der Waals surface area (Å²) in [4.78, 5) is 14.5. The van der Waals surface area contributed by atoms with E-state index >= 15 is 0 Å². The van der Waals surface area contributed by atoms with Crippen LogP contribution in [0.5, 0.6) is 0 Å². The normalized spacial score (nSPS) is 16.3. The van der Waals surface area contributed by atoms with Crippen LogP contribution in [0.3, 0.4) is 0 Å². The lowest BCUT2D eigenvalue weighted by atomic mass is 9.94. The first-order valence-corrected chi connectivity index (χ1v) is 8.32. The maximum atomic E-state index is 12.6. The topological polar surface area (TPSA) is 34.5 Å². The minimum Gasteiger partial charge on any atom is -0.378 e. The molecule has 0 spiro atoms. The second-order valence-corrected chi connectivity index (χ2v) is 6.26. The molecule has 1 amide bonds. The number of halogens is 1. The molecular weight excluding hydrogens is 312 g/mol. The molecule has 0 saturated carbocycles. The van der Waals surface area contributed by atoms with Crippen molar-refractivity contribution in [2.24, 2.45) is 0 Å². The molecule has 1 aromatic heterocycles. The highest BCUT2D eigenvalue weighted by Gasteiger charge is 2.22. The van der Waals surface area contributed by atoms with E-state index < -0.39 is 0 Å². The smallest absolute Gasteiger partial charge is 0.223 e. The highest BCUT2D eigenvalue weighted by Crippen LogP contribution is 2.25. The van der Waals surface area contributed by atoms with Crippen LogP contribution >= 0.6 is 11.6 Å². The van der Waals surface area contributed by atoms with Crippen LogP contribution in [-0.2, 0) is 16.1 Å². The maximum absolute atomic E-state index is 12.6. The average Bonchev–Trinajstić information content (AvgIpc) is 3.09. The fourth-order valence-electron chi connectivity index (χ4n) is 2.92. The molecule has 0 aliphatic carbocycles. The van der Waals surface area contributed by atoms with E-state index in [1.807, 2.05) is 53.7 Å². The molecule has 122 valence electrons. The van der Waals surface area contributed by atoms with Crippen molar-refractivity contribution >= 4 is 17.5 Å². The molecule has 1 aliphatic heterocycles. The molecule has 0 bridgehead atoms. The van der Waals surface area contributed by atoms with E-state index in [-0.39, 0.29) is 11.8 Å². The molecule has 2 aromatic rings. The highest BCUT2D eigenvalue weighted by atomic mass is 35.5. The summed E-state index contributed by atoms with van der Waals surface area (Å²) in [6.45, 7) is 3.43. The summed E-state index contributed by atoms with van der Waals surface area (Å²) in [5.41, 5.74) is 1.14. The van der Waals surface area contributed by atoms with E-state index in [9.17, 15) is 4.79 Å². The van der Waals surface area contributed by atoms with Gasteiger partial charge in [-0.25, -0.2) is 0 Å². The number of carbonyl (C=O) groups is 1. The lowest BCUT2D eigenvalue weighted by Gasteiger charge is -2.29. The first kappa shape index (κ1) is 16.1. The lowest BCUT2D eigenvalue weighted by Crippen LogP contribution is -2.41. The highest BCUT2D eigenvalue weighted by molar-refractivity contribution is 6.30. The maximum Gasteiger partial charge on any atom is 0.223 e. The molecule has 1 aromatic carbocycles. The number of carbonyl (C=O) groups excluding carboxylic acids is 1. The van der Waals surface area contributed by atoms with Crippen LogP contribution in [0.15, 0.2) is 48.8 Å². The summed E-state index contributed by atoms with van der Waals surface area (Å²) >= 11 is 5.99. The number of rotatable bonds is 5. The van der Waals surface area contributed by atoms with Gasteiger partial charge in [0.1, 0.15) is 0 Å². The van der Waals surface area contributed by atoms with Crippen LogP contribution < -0.4 is 0 Å². The Labute approximate surface area is 141 Å². The molecule has 0 unspecified atom stereocenters. The number of amides is 1. The summed E-state index contributed by atoms with van der Waals surface area (Å²) in [6.07, 6.45) is 4.56. The Morgan fingerprint density at radius 3 is 2.43 bits per heavy atom. The van der Waals surface area contributed by atoms with Crippen molar-refractivity contribution in [1.29, 1.82) is 0 Å². The second-order valence-electron chi connectivity index (χ2n) is 5.83. The van der Waals surface area contributed by atoms with Crippen molar-refractivity contribution < 1.29 is 9.53 Å². The average molecular weight is 333 g/mol. The third kappa shape index (κ3) is 4.36. The second kappa shape index (κ2) is 7.66. The molecule has 0 radical (unpaired) electrons. The summed E-state index contributed by atoms with van der Waals surface area (Å²) in [6, 6.07) is 11.8. The number of nitrogens with zero attached hydrogens (tertiary/aromatic N) is 2. The fourth-order valence-corrected chi connectivity index (χ4v) is 3.05. The summed E-state index contributed by atoms with van der Waals surface area (Å²) < 4.78 is 7.44. The minimum absolute atomic E-state index is 0.134. The van der Waals surface area contributed by atoms with Crippen LogP contribution in [0.4, 0.5) is 0 Å². The van der Waals surface area contributed by atoms with Gasteiger partial charge in [-0.15, -0.1) is 0 Å². The van der Waals surface area contributed by atoms with Gasteiger partial charge in [0.2, 0.25) is 5.91 Å².